The molecular weight excluding hydrogens is 232 g/mol. The summed E-state index contributed by atoms with van der Waals surface area (Å²) in [5.74, 6) is 0. The zero-order valence-corrected chi connectivity index (χ0v) is 10.2. The van der Waals surface area contributed by atoms with Gasteiger partial charge in [-0.05, 0) is 26.0 Å². The van der Waals surface area contributed by atoms with E-state index in [0.717, 1.165) is 0 Å². The van der Waals surface area contributed by atoms with Gasteiger partial charge in [-0.1, -0.05) is 0 Å². The predicted molar refractivity (Wildman–Crippen MR) is 68.5 cm³/mol. The monoisotopic (exact) mass is 246 g/mol. The van der Waals surface area contributed by atoms with Gasteiger partial charge in [0.25, 0.3) is 11.1 Å². The van der Waals surface area contributed by atoms with E-state index in [9.17, 15) is 9.59 Å². The first-order chi connectivity index (χ1) is 8.49. The molecule has 0 spiro atoms. The van der Waals surface area contributed by atoms with Gasteiger partial charge in [0.2, 0.25) is 0 Å². The zero-order chi connectivity index (χ0) is 13.3. The summed E-state index contributed by atoms with van der Waals surface area (Å²) in [5, 5.41) is 2.52. The van der Waals surface area contributed by atoms with Crippen molar-refractivity contribution in [2.24, 2.45) is 0 Å². The maximum absolute atomic E-state index is 12.0. The summed E-state index contributed by atoms with van der Waals surface area (Å²) in [6.07, 6.45) is 1.56. The van der Waals surface area contributed by atoms with E-state index >= 15 is 0 Å². The molecule has 2 heterocycles. The molecule has 2 aromatic rings. The molecule has 0 unspecified atom stereocenters. The summed E-state index contributed by atoms with van der Waals surface area (Å²) < 4.78 is 1.24. The number of nitrogen functional groups attached to an aromatic ring is 1. The molecule has 2 aromatic heterocycles. The van der Waals surface area contributed by atoms with E-state index in [1.54, 1.807) is 32.2 Å². The highest BCUT2D eigenvalue weighted by molar-refractivity contribution is 5.37. The minimum Gasteiger partial charge on any atom is -0.399 e. The molecule has 0 fully saturated rings. The zero-order valence-electron chi connectivity index (χ0n) is 10.2. The van der Waals surface area contributed by atoms with E-state index in [1.807, 2.05) is 0 Å². The third-order valence-corrected chi connectivity index (χ3v) is 2.87. The number of pyridine rings is 1. The van der Waals surface area contributed by atoms with Crippen molar-refractivity contribution in [3.63, 3.8) is 0 Å². The number of aromatic amines is 1. The first-order valence-corrected chi connectivity index (χ1v) is 5.50. The lowest BCUT2D eigenvalue weighted by Crippen LogP contribution is -2.33. The average molecular weight is 246 g/mol. The number of hydrogen-bond acceptors (Lipinski definition) is 4. The number of rotatable bonds is 2. The van der Waals surface area contributed by atoms with Crippen LogP contribution in [0.3, 0.4) is 0 Å². The highest BCUT2D eigenvalue weighted by Gasteiger charge is 2.08. The lowest BCUT2D eigenvalue weighted by atomic mass is 10.2. The fraction of sp³-hybridized carbons (Fsp3) is 0.250. The normalized spacial score (nSPS) is 10.6. The minimum atomic E-state index is -0.268. The summed E-state index contributed by atoms with van der Waals surface area (Å²) >= 11 is 0. The van der Waals surface area contributed by atoms with Crippen molar-refractivity contribution in [1.82, 2.24) is 14.8 Å². The van der Waals surface area contributed by atoms with Crippen molar-refractivity contribution < 1.29 is 0 Å². The molecule has 94 valence electrons. The Hall–Kier alpha value is -2.37. The third kappa shape index (κ3) is 2.17. The molecule has 0 aliphatic carbocycles. The van der Waals surface area contributed by atoms with Gasteiger partial charge in [0.1, 0.15) is 0 Å². The molecule has 0 aromatic carbocycles. The van der Waals surface area contributed by atoms with Crippen LogP contribution < -0.4 is 16.9 Å². The van der Waals surface area contributed by atoms with Crippen molar-refractivity contribution in [2.45, 2.75) is 20.4 Å². The Labute approximate surface area is 103 Å². The number of anilines is 1. The number of nitrogens with two attached hydrogens (primary N) is 1. The second kappa shape index (κ2) is 4.48. The van der Waals surface area contributed by atoms with Gasteiger partial charge in [0.15, 0.2) is 0 Å². The molecule has 0 saturated heterocycles. The fourth-order valence-electron chi connectivity index (χ4n) is 1.65. The molecule has 6 heteroatoms. The molecule has 0 radical (unpaired) electrons. The van der Waals surface area contributed by atoms with Gasteiger partial charge in [-0.2, -0.15) is 0 Å². The maximum Gasteiger partial charge on any atom is 0.268 e. The summed E-state index contributed by atoms with van der Waals surface area (Å²) in [4.78, 5) is 27.7. The number of hydrogen-bond donors (Lipinski definition) is 2. The van der Waals surface area contributed by atoms with Crippen LogP contribution in [0.4, 0.5) is 5.69 Å². The van der Waals surface area contributed by atoms with Crippen LogP contribution in [0.5, 0.6) is 0 Å². The van der Waals surface area contributed by atoms with Crippen molar-refractivity contribution in [2.75, 3.05) is 5.73 Å². The largest absolute Gasteiger partial charge is 0.399 e. The molecule has 6 nitrogen and oxygen atoms in total. The van der Waals surface area contributed by atoms with E-state index in [2.05, 4.69) is 10.1 Å². The van der Waals surface area contributed by atoms with E-state index in [4.69, 9.17) is 5.73 Å². The Morgan fingerprint density at radius 2 is 2.06 bits per heavy atom. The average Bonchev–Trinajstić information content (AvgIpc) is 2.33. The van der Waals surface area contributed by atoms with Gasteiger partial charge in [-0.3, -0.25) is 19.7 Å². The molecule has 0 saturated carbocycles. The second-order valence-electron chi connectivity index (χ2n) is 4.16. The van der Waals surface area contributed by atoms with Gasteiger partial charge < -0.3 is 5.73 Å². The summed E-state index contributed by atoms with van der Waals surface area (Å²) in [5.41, 5.74) is 7.22. The molecule has 2 rings (SSSR count). The smallest absolute Gasteiger partial charge is 0.268 e. The highest BCUT2D eigenvalue weighted by Crippen LogP contribution is 2.03. The summed E-state index contributed by atoms with van der Waals surface area (Å²) in [6.45, 7) is 3.45. The van der Waals surface area contributed by atoms with Crippen LogP contribution in [-0.2, 0) is 6.54 Å². The van der Waals surface area contributed by atoms with Gasteiger partial charge in [0, 0.05) is 23.0 Å². The lowest BCUT2D eigenvalue weighted by molar-refractivity contribution is 0.609. The molecule has 0 atom stereocenters. The standard InChI is InChI=1S/C12H14N4O2/c1-7-8(2)12(18)16(15-11(7)17)6-10-5-9(13)3-4-14-10/h3-5H,6H2,1-2H3,(H2,13,14)(H,15,17). The number of nitrogens with one attached hydrogen (secondary N) is 1. The molecule has 0 aliphatic heterocycles. The molecule has 3 N–H and O–H groups in total. The number of H-pyrrole nitrogens is 1. The van der Waals surface area contributed by atoms with Crippen molar-refractivity contribution >= 4 is 5.69 Å². The van der Waals surface area contributed by atoms with Gasteiger partial charge in [-0.25, -0.2) is 4.68 Å². The van der Waals surface area contributed by atoms with E-state index in [1.165, 1.54) is 4.68 Å². The van der Waals surface area contributed by atoms with Crippen molar-refractivity contribution in [3.8, 4) is 0 Å². The SMILES string of the molecule is Cc1c(C)c(=O)n(Cc2cc(N)ccn2)[nH]c1=O. The van der Waals surface area contributed by atoms with E-state index in [-0.39, 0.29) is 17.7 Å². The first-order valence-electron chi connectivity index (χ1n) is 5.50. The predicted octanol–water partition coefficient (Wildman–Crippen LogP) is 0.179. The Morgan fingerprint density at radius 3 is 2.72 bits per heavy atom. The summed E-state index contributed by atoms with van der Waals surface area (Å²) in [6, 6.07) is 3.33. The first kappa shape index (κ1) is 12.1. The Kier molecular flexibility index (Phi) is 3.01. The van der Waals surface area contributed by atoms with E-state index < -0.39 is 0 Å². The van der Waals surface area contributed by atoms with Gasteiger partial charge >= 0.3 is 0 Å². The molecule has 0 bridgehead atoms. The Bertz CT molecular complexity index is 700. The Morgan fingerprint density at radius 1 is 1.33 bits per heavy atom. The van der Waals surface area contributed by atoms with E-state index in [0.29, 0.717) is 22.5 Å². The Balaban J connectivity index is 2.48. The van der Waals surface area contributed by atoms with Crippen LogP contribution in [0.1, 0.15) is 16.8 Å². The quantitative estimate of drug-likeness (QED) is 0.790. The second-order valence-corrected chi connectivity index (χ2v) is 4.16. The lowest BCUT2D eigenvalue weighted by Gasteiger charge is -2.07. The van der Waals surface area contributed by atoms with Crippen LogP contribution in [0.2, 0.25) is 0 Å². The minimum absolute atomic E-state index is 0.195. The summed E-state index contributed by atoms with van der Waals surface area (Å²) in [7, 11) is 0. The van der Waals surface area contributed by atoms with Crippen LogP contribution in [0.25, 0.3) is 0 Å². The van der Waals surface area contributed by atoms with Crippen molar-refractivity contribution in [1.29, 1.82) is 0 Å². The topological polar surface area (TPSA) is 93.8 Å². The maximum atomic E-state index is 12.0. The molecule has 0 amide bonds. The third-order valence-electron chi connectivity index (χ3n) is 2.87. The molecular formula is C12H14N4O2. The van der Waals surface area contributed by atoms with Gasteiger partial charge in [0.05, 0.1) is 12.2 Å². The highest BCUT2D eigenvalue weighted by atomic mass is 16.2. The van der Waals surface area contributed by atoms with Crippen LogP contribution in [-0.4, -0.2) is 14.8 Å². The number of aromatic nitrogens is 3. The van der Waals surface area contributed by atoms with Crippen LogP contribution in [0.15, 0.2) is 27.9 Å². The number of nitrogens with zero attached hydrogens (tertiary/aromatic N) is 2. The van der Waals surface area contributed by atoms with Crippen LogP contribution >= 0.6 is 0 Å². The van der Waals surface area contributed by atoms with Gasteiger partial charge in [-0.15, -0.1) is 0 Å². The fourth-order valence-corrected chi connectivity index (χ4v) is 1.65. The van der Waals surface area contributed by atoms with Crippen molar-refractivity contribution in [3.05, 3.63) is 55.9 Å². The molecule has 18 heavy (non-hydrogen) atoms. The van der Waals surface area contributed by atoms with Crippen LogP contribution in [0, 0.1) is 13.8 Å². The molecule has 0 aliphatic rings.